The van der Waals surface area contributed by atoms with E-state index in [1.54, 1.807) is 0 Å². The van der Waals surface area contributed by atoms with Crippen LogP contribution < -0.4 is 0 Å². The lowest BCUT2D eigenvalue weighted by molar-refractivity contribution is 0.0270. The molecule has 110 valence electrons. The SMILES string of the molecule is CCC(C)(C)c1ccc(C(=O)OC2CCOC2)cc1C. The molecular formula is C17H24O3. The van der Waals surface area contributed by atoms with E-state index in [9.17, 15) is 4.79 Å². The van der Waals surface area contributed by atoms with Gasteiger partial charge in [-0.05, 0) is 42.0 Å². The van der Waals surface area contributed by atoms with E-state index in [1.165, 1.54) is 5.56 Å². The van der Waals surface area contributed by atoms with Crippen LogP contribution in [0.1, 0.15) is 55.1 Å². The van der Waals surface area contributed by atoms with E-state index in [-0.39, 0.29) is 17.5 Å². The Balaban J connectivity index is 2.14. The van der Waals surface area contributed by atoms with E-state index in [0.29, 0.717) is 18.8 Å². The summed E-state index contributed by atoms with van der Waals surface area (Å²) in [5.41, 5.74) is 3.20. The summed E-state index contributed by atoms with van der Waals surface area (Å²) in [5, 5.41) is 0. The molecule has 2 rings (SSSR count). The van der Waals surface area contributed by atoms with Gasteiger partial charge in [-0.25, -0.2) is 4.79 Å². The van der Waals surface area contributed by atoms with Crippen LogP contribution in [0.15, 0.2) is 18.2 Å². The number of ether oxygens (including phenoxy) is 2. The first-order chi connectivity index (χ1) is 9.44. The van der Waals surface area contributed by atoms with Crippen molar-refractivity contribution in [2.75, 3.05) is 13.2 Å². The van der Waals surface area contributed by atoms with Gasteiger partial charge in [0.1, 0.15) is 6.10 Å². The van der Waals surface area contributed by atoms with Crippen LogP contribution in [-0.4, -0.2) is 25.3 Å². The fourth-order valence-electron chi connectivity index (χ4n) is 2.57. The first-order valence-electron chi connectivity index (χ1n) is 7.34. The van der Waals surface area contributed by atoms with Gasteiger partial charge >= 0.3 is 5.97 Å². The second kappa shape index (κ2) is 5.96. The third kappa shape index (κ3) is 3.21. The van der Waals surface area contributed by atoms with Crippen LogP contribution in [-0.2, 0) is 14.9 Å². The molecule has 1 aromatic rings. The summed E-state index contributed by atoms with van der Waals surface area (Å²) in [6.45, 7) is 9.89. The molecule has 3 nitrogen and oxygen atoms in total. The fraction of sp³-hybridized carbons (Fsp3) is 0.588. The van der Waals surface area contributed by atoms with Crippen LogP contribution in [0.4, 0.5) is 0 Å². The first kappa shape index (κ1) is 15.0. The van der Waals surface area contributed by atoms with Gasteiger partial charge < -0.3 is 9.47 Å². The van der Waals surface area contributed by atoms with Crippen molar-refractivity contribution in [3.05, 3.63) is 34.9 Å². The van der Waals surface area contributed by atoms with Crippen LogP contribution in [0.5, 0.6) is 0 Å². The summed E-state index contributed by atoms with van der Waals surface area (Å²) < 4.78 is 10.7. The molecule has 1 unspecified atom stereocenters. The van der Waals surface area contributed by atoms with Crippen molar-refractivity contribution in [2.24, 2.45) is 0 Å². The molecule has 1 aliphatic heterocycles. The molecule has 0 aliphatic carbocycles. The Bertz CT molecular complexity index is 485. The van der Waals surface area contributed by atoms with E-state index < -0.39 is 0 Å². The highest BCUT2D eigenvalue weighted by Crippen LogP contribution is 2.30. The van der Waals surface area contributed by atoms with Gasteiger partial charge in [0.15, 0.2) is 0 Å². The lowest BCUT2D eigenvalue weighted by Gasteiger charge is -2.25. The van der Waals surface area contributed by atoms with Crippen molar-refractivity contribution >= 4 is 5.97 Å². The van der Waals surface area contributed by atoms with E-state index >= 15 is 0 Å². The van der Waals surface area contributed by atoms with Gasteiger partial charge in [0.05, 0.1) is 18.8 Å². The number of carbonyl (C=O) groups excluding carboxylic acids is 1. The molecule has 1 heterocycles. The van der Waals surface area contributed by atoms with Crippen LogP contribution in [0, 0.1) is 6.92 Å². The average Bonchev–Trinajstić information content (AvgIpc) is 2.91. The molecule has 0 radical (unpaired) electrons. The van der Waals surface area contributed by atoms with E-state index in [4.69, 9.17) is 9.47 Å². The predicted molar refractivity (Wildman–Crippen MR) is 79.1 cm³/mol. The van der Waals surface area contributed by atoms with Crippen molar-refractivity contribution < 1.29 is 14.3 Å². The number of rotatable bonds is 4. The highest BCUT2D eigenvalue weighted by atomic mass is 16.6. The second-order valence-corrected chi connectivity index (χ2v) is 6.16. The summed E-state index contributed by atoms with van der Waals surface area (Å²) in [7, 11) is 0. The molecule has 0 aromatic heterocycles. The van der Waals surface area contributed by atoms with Crippen LogP contribution in [0.3, 0.4) is 0 Å². The molecule has 0 bridgehead atoms. The molecule has 0 N–H and O–H groups in total. The Labute approximate surface area is 121 Å². The summed E-state index contributed by atoms with van der Waals surface area (Å²) in [4.78, 5) is 12.1. The zero-order chi connectivity index (χ0) is 14.8. The molecule has 1 aliphatic rings. The van der Waals surface area contributed by atoms with Crippen molar-refractivity contribution in [3.8, 4) is 0 Å². The average molecular weight is 276 g/mol. The van der Waals surface area contributed by atoms with Gasteiger partial charge in [-0.3, -0.25) is 0 Å². The minimum absolute atomic E-state index is 0.0884. The highest BCUT2D eigenvalue weighted by molar-refractivity contribution is 5.89. The van der Waals surface area contributed by atoms with Crippen molar-refractivity contribution in [1.82, 2.24) is 0 Å². The third-order valence-electron chi connectivity index (χ3n) is 4.24. The minimum Gasteiger partial charge on any atom is -0.456 e. The van der Waals surface area contributed by atoms with Gasteiger partial charge in [0, 0.05) is 6.42 Å². The van der Waals surface area contributed by atoms with Gasteiger partial charge in [-0.1, -0.05) is 26.8 Å². The second-order valence-electron chi connectivity index (χ2n) is 6.16. The smallest absolute Gasteiger partial charge is 0.338 e. The van der Waals surface area contributed by atoms with Gasteiger partial charge in [-0.2, -0.15) is 0 Å². The summed E-state index contributed by atoms with van der Waals surface area (Å²) >= 11 is 0. The lowest BCUT2D eigenvalue weighted by atomic mass is 9.79. The topological polar surface area (TPSA) is 35.5 Å². The number of benzene rings is 1. The maximum atomic E-state index is 12.1. The normalized spacial score (nSPS) is 19.1. The van der Waals surface area contributed by atoms with Gasteiger partial charge in [-0.15, -0.1) is 0 Å². The molecule has 1 saturated heterocycles. The predicted octanol–water partition coefficient (Wildman–Crippen LogP) is 3.63. The fourth-order valence-corrected chi connectivity index (χ4v) is 2.57. The molecule has 1 aromatic carbocycles. The van der Waals surface area contributed by atoms with Crippen LogP contribution >= 0.6 is 0 Å². The Morgan fingerprint density at radius 1 is 1.45 bits per heavy atom. The summed E-state index contributed by atoms with van der Waals surface area (Å²) in [6, 6.07) is 5.86. The maximum absolute atomic E-state index is 12.1. The Hall–Kier alpha value is -1.35. The van der Waals surface area contributed by atoms with E-state index in [1.807, 2.05) is 12.1 Å². The summed E-state index contributed by atoms with van der Waals surface area (Å²) in [6.07, 6.45) is 1.78. The van der Waals surface area contributed by atoms with Crippen molar-refractivity contribution in [1.29, 1.82) is 0 Å². The summed E-state index contributed by atoms with van der Waals surface area (Å²) in [5.74, 6) is -0.246. The molecule has 0 spiro atoms. The zero-order valence-corrected chi connectivity index (χ0v) is 12.9. The molecule has 1 atom stereocenters. The van der Waals surface area contributed by atoms with E-state index in [0.717, 1.165) is 18.4 Å². The molecule has 1 fully saturated rings. The molecule has 0 amide bonds. The van der Waals surface area contributed by atoms with Gasteiger partial charge in [0.2, 0.25) is 0 Å². The number of hydrogen-bond acceptors (Lipinski definition) is 3. The third-order valence-corrected chi connectivity index (χ3v) is 4.24. The molecule has 0 saturated carbocycles. The van der Waals surface area contributed by atoms with Crippen molar-refractivity contribution in [2.45, 2.75) is 52.1 Å². The number of carbonyl (C=O) groups is 1. The van der Waals surface area contributed by atoms with Crippen molar-refractivity contribution in [3.63, 3.8) is 0 Å². The first-order valence-corrected chi connectivity index (χ1v) is 7.34. The van der Waals surface area contributed by atoms with Crippen LogP contribution in [0.25, 0.3) is 0 Å². The molecule has 20 heavy (non-hydrogen) atoms. The molecular weight excluding hydrogens is 252 g/mol. The molecule has 3 heteroatoms. The Kier molecular flexibility index (Phi) is 4.48. The number of esters is 1. The standard InChI is InChI=1S/C17H24O3/c1-5-17(3,4)15-7-6-13(10-12(15)2)16(18)20-14-8-9-19-11-14/h6-7,10,14H,5,8-9,11H2,1-4H3. The Morgan fingerprint density at radius 3 is 2.75 bits per heavy atom. The quantitative estimate of drug-likeness (QED) is 0.788. The maximum Gasteiger partial charge on any atom is 0.338 e. The lowest BCUT2D eigenvalue weighted by Crippen LogP contribution is -2.20. The van der Waals surface area contributed by atoms with Gasteiger partial charge in [0.25, 0.3) is 0 Å². The zero-order valence-electron chi connectivity index (χ0n) is 12.9. The van der Waals surface area contributed by atoms with E-state index in [2.05, 4.69) is 33.8 Å². The monoisotopic (exact) mass is 276 g/mol. The minimum atomic E-state index is -0.246. The number of aryl methyl sites for hydroxylation is 1. The number of hydrogen-bond donors (Lipinski definition) is 0. The largest absolute Gasteiger partial charge is 0.456 e. The highest BCUT2D eigenvalue weighted by Gasteiger charge is 2.23. The van der Waals surface area contributed by atoms with Crippen LogP contribution in [0.2, 0.25) is 0 Å². The Morgan fingerprint density at radius 2 is 2.20 bits per heavy atom.